The topological polar surface area (TPSA) is 49.7 Å². The lowest BCUT2D eigenvalue weighted by Crippen LogP contribution is -3.15. The van der Waals surface area contributed by atoms with Crippen molar-refractivity contribution in [2.75, 3.05) is 37.6 Å². The second-order valence-electron chi connectivity index (χ2n) is 7.68. The average Bonchev–Trinajstić information content (AvgIpc) is 2.81. The molecule has 4 rings (SSSR count). The zero-order valence-electron chi connectivity index (χ0n) is 17.1. The molecule has 1 unspecified atom stereocenters. The highest BCUT2D eigenvalue weighted by Crippen LogP contribution is 2.16. The first-order chi connectivity index (χ1) is 15.1. The average molecular weight is 440 g/mol. The molecule has 5 nitrogen and oxygen atoms in total. The number of carbonyl (C=O) groups is 1. The van der Waals surface area contributed by atoms with Crippen molar-refractivity contribution in [3.63, 3.8) is 0 Å². The van der Waals surface area contributed by atoms with E-state index in [0.717, 1.165) is 37.4 Å². The Morgan fingerprint density at radius 1 is 1.13 bits per heavy atom. The third-order valence-electron chi connectivity index (χ3n) is 5.73. The molecule has 160 valence electrons. The molecule has 1 saturated heterocycles. The van der Waals surface area contributed by atoms with Gasteiger partial charge < -0.3 is 15.1 Å². The van der Waals surface area contributed by atoms with Gasteiger partial charge in [-0.25, -0.2) is 4.39 Å². The minimum atomic E-state index is -0.222. The first kappa shape index (κ1) is 21.3. The van der Waals surface area contributed by atoms with Crippen LogP contribution in [0.4, 0.5) is 10.1 Å². The maximum atomic E-state index is 13.2. The first-order valence-electron chi connectivity index (χ1n) is 10.4. The van der Waals surface area contributed by atoms with Gasteiger partial charge in [-0.3, -0.25) is 9.78 Å². The highest BCUT2D eigenvalue weighted by molar-refractivity contribution is 6.30. The third kappa shape index (κ3) is 5.40. The number of rotatable bonds is 6. The first-order valence-corrected chi connectivity index (χ1v) is 10.8. The van der Waals surface area contributed by atoms with Crippen LogP contribution in [-0.4, -0.2) is 43.6 Å². The van der Waals surface area contributed by atoms with Crippen LogP contribution in [-0.2, 0) is 0 Å². The van der Waals surface area contributed by atoms with Gasteiger partial charge in [0.25, 0.3) is 5.91 Å². The highest BCUT2D eigenvalue weighted by Gasteiger charge is 2.29. The van der Waals surface area contributed by atoms with Crippen molar-refractivity contribution in [1.82, 2.24) is 10.3 Å². The summed E-state index contributed by atoms with van der Waals surface area (Å²) in [5.41, 5.74) is 2.68. The predicted molar refractivity (Wildman–Crippen MR) is 120 cm³/mol. The van der Waals surface area contributed by atoms with Gasteiger partial charge in [-0.2, -0.15) is 0 Å². The molecule has 31 heavy (non-hydrogen) atoms. The van der Waals surface area contributed by atoms with Crippen LogP contribution in [0.1, 0.15) is 22.0 Å². The largest absolute Gasteiger partial charge is 0.360 e. The van der Waals surface area contributed by atoms with Crippen molar-refractivity contribution in [2.45, 2.75) is 6.04 Å². The van der Waals surface area contributed by atoms with E-state index < -0.39 is 0 Å². The molecular formula is C24H25ClFN4O+. The fourth-order valence-corrected chi connectivity index (χ4v) is 4.25. The fraction of sp³-hybridized carbons (Fsp3) is 0.250. The van der Waals surface area contributed by atoms with Gasteiger partial charge in [0.05, 0.1) is 32.7 Å². The SMILES string of the molecule is O=C(NCC(c1cccnc1)[NH+]1CCN(c2ccc(F)cc2)CC1)c1cccc(Cl)c1. The number of amides is 1. The summed E-state index contributed by atoms with van der Waals surface area (Å²) < 4.78 is 13.2. The van der Waals surface area contributed by atoms with E-state index in [9.17, 15) is 9.18 Å². The number of quaternary nitrogens is 1. The quantitative estimate of drug-likeness (QED) is 0.621. The van der Waals surface area contributed by atoms with Gasteiger partial charge in [0.1, 0.15) is 11.9 Å². The number of nitrogens with zero attached hydrogens (tertiary/aromatic N) is 2. The van der Waals surface area contributed by atoms with Crippen LogP contribution in [0.15, 0.2) is 73.1 Å². The molecule has 0 spiro atoms. The summed E-state index contributed by atoms with van der Waals surface area (Å²) in [7, 11) is 0. The van der Waals surface area contributed by atoms with E-state index in [1.54, 1.807) is 30.5 Å². The van der Waals surface area contributed by atoms with Crippen LogP contribution in [0.25, 0.3) is 0 Å². The summed E-state index contributed by atoms with van der Waals surface area (Å²) in [5.74, 6) is -0.360. The summed E-state index contributed by atoms with van der Waals surface area (Å²) in [5, 5.41) is 3.61. The number of benzene rings is 2. The Bertz CT molecular complexity index is 1010. The number of piperazine rings is 1. The summed E-state index contributed by atoms with van der Waals surface area (Å²) in [6.45, 7) is 4.04. The number of hydrogen-bond acceptors (Lipinski definition) is 3. The zero-order valence-corrected chi connectivity index (χ0v) is 17.9. The number of nitrogens with one attached hydrogen (secondary N) is 2. The van der Waals surface area contributed by atoms with Crippen molar-refractivity contribution in [3.05, 3.63) is 95.0 Å². The number of hydrogen-bond donors (Lipinski definition) is 2. The second-order valence-corrected chi connectivity index (χ2v) is 8.12. The highest BCUT2D eigenvalue weighted by atomic mass is 35.5. The van der Waals surface area contributed by atoms with E-state index >= 15 is 0 Å². The smallest absolute Gasteiger partial charge is 0.251 e. The van der Waals surface area contributed by atoms with Crippen molar-refractivity contribution in [1.29, 1.82) is 0 Å². The van der Waals surface area contributed by atoms with Gasteiger partial charge in [-0.15, -0.1) is 0 Å². The molecule has 0 bridgehead atoms. The zero-order chi connectivity index (χ0) is 21.6. The number of carbonyl (C=O) groups excluding carboxylic acids is 1. The lowest BCUT2D eigenvalue weighted by atomic mass is 10.1. The summed E-state index contributed by atoms with van der Waals surface area (Å²) >= 11 is 6.02. The van der Waals surface area contributed by atoms with Crippen molar-refractivity contribution in [2.24, 2.45) is 0 Å². The third-order valence-corrected chi connectivity index (χ3v) is 5.97. The maximum absolute atomic E-state index is 13.2. The fourth-order valence-electron chi connectivity index (χ4n) is 4.06. The molecule has 1 atom stereocenters. The van der Waals surface area contributed by atoms with Gasteiger partial charge in [-0.05, 0) is 54.6 Å². The lowest BCUT2D eigenvalue weighted by Gasteiger charge is -2.37. The molecule has 1 aromatic heterocycles. The second kappa shape index (κ2) is 9.90. The summed E-state index contributed by atoms with van der Waals surface area (Å²) in [6.07, 6.45) is 3.63. The molecule has 2 aromatic carbocycles. The Morgan fingerprint density at radius 2 is 1.90 bits per heavy atom. The number of halogens is 2. The molecule has 0 radical (unpaired) electrons. The van der Waals surface area contributed by atoms with Crippen LogP contribution in [0.2, 0.25) is 5.02 Å². The predicted octanol–water partition coefficient (Wildman–Crippen LogP) is 2.75. The van der Waals surface area contributed by atoms with E-state index in [1.165, 1.54) is 17.0 Å². The Labute approximate surface area is 186 Å². The molecule has 1 aliphatic heterocycles. The van der Waals surface area contributed by atoms with Gasteiger partial charge in [-0.1, -0.05) is 17.7 Å². The molecule has 7 heteroatoms. The van der Waals surface area contributed by atoms with Crippen molar-refractivity contribution in [3.8, 4) is 0 Å². The Morgan fingerprint density at radius 3 is 2.58 bits per heavy atom. The van der Waals surface area contributed by atoms with E-state index in [2.05, 4.69) is 21.3 Å². The Balaban J connectivity index is 1.43. The molecule has 1 fully saturated rings. The molecule has 0 saturated carbocycles. The van der Waals surface area contributed by atoms with Crippen LogP contribution in [0.5, 0.6) is 0 Å². The van der Waals surface area contributed by atoms with E-state index in [-0.39, 0.29) is 17.8 Å². The van der Waals surface area contributed by atoms with Crippen LogP contribution >= 0.6 is 11.6 Å². The summed E-state index contributed by atoms with van der Waals surface area (Å²) in [6, 6.07) is 17.7. The maximum Gasteiger partial charge on any atom is 0.251 e. The van der Waals surface area contributed by atoms with Crippen LogP contribution < -0.4 is 15.1 Å². The molecule has 2 N–H and O–H groups in total. The lowest BCUT2D eigenvalue weighted by molar-refractivity contribution is -0.931. The standard InChI is InChI=1S/C24H24ClFN4O/c25-20-5-1-3-18(15-20)24(31)28-17-23(19-4-2-10-27-16-19)30-13-11-29(12-14-30)22-8-6-21(26)7-9-22/h1-10,15-16,23H,11-14,17H2,(H,28,31)/p+1. The molecule has 1 amide bonds. The molecule has 0 aliphatic carbocycles. The van der Waals surface area contributed by atoms with Crippen LogP contribution in [0, 0.1) is 5.82 Å². The molecular weight excluding hydrogens is 415 g/mol. The van der Waals surface area contributed by atoms with Crippen molar-refractivity contribution < 1.29 is 14.1 Å². The number of aromatic nitrogens is 1. The van der Waals surface area contributed by atoms with E-state index in [4.69, 9.17) is 11.6 Å². The molecule has 2 heterocycles. The van der Waals surface area contributed by atoms with E-state index in [1.807, 2.05) is 24.4 Å². The van der Waals surface area contributed by atoms with Gasteiger partial charge in [0.15, 0.2) is 0 Å². The van der Waals surface area contributed by atoms with Gasteiger partial charge in [0, 0.05) is 34.2 Å². The number of anilines is 1. The van der Waals surface area contributed by atoms with Crippen LogP contribution in [0.3, 0.4) is 0 Å². The van der Waals surface area contributed by atoms with Gasteiger partial charge >= 0.3 is 0 Å². The van der Waals surface area contributed by atoms with Crippen molar-refractivity contribution >= 4 is 23.2 Å². The van der Waals surface area contributed by atoms with Gasteiger partial charge in [0.2, 0.25) is 0 Å². The minimum Gasteiger partial charge on any atom is -0.360 e. The normalized spacial score (nSPS) is 15.5. The molecule has 3 aromatic rings. The summed E-state index contributed by atoms with van der Waals surface area (Å²) in [4.78, 5) is 20.6. The monoisotopic (exact) mass is 439 g/mol. The Hall–Kier alpha value is -2.96. The number of pyridine rings is 1. The van der Waals surface area contributed by atoms with E-state index in [0.29, 0.717) is 17.1 Å². The Kier molecular flexibility index (Phi) is 6.79. The molecule has 1 aliphatic rings. The minimum absolute atomic E-state index is 0.0900.